The Hall–Kier alpha value is -3.19. The highest BCUT2D eigenvalue weighted by Crippen LogP contribution is 2.32. The van der Waals surface area contributed by atoms with Crippen LogP contribution in [-0.4, -0.2) is 43.4 Å². The highest BCUT2D eigenvalue weighted by molar-refractivity contribution is 6.30. The minimum absolute atomic E-state index is 0.431. The second-order valence-electron chi connectivity index (χ2n) is 8.17. The van der Waals surface area contributed by atoms with E-state index in [9.17, 15) is 0 Å². The molecule has 0 aliphatic carbocycles. The number of halogens is 1. The van der Waals surface area contributed by atoms with Crippen LogP contribution in [-0.2, 0) is 13.5 Å². The normalized spacial score (nSPS) is 20.3. The Balaban J connectivity index is 1.36. The number of aromatic nitrogens is 4. The van der Waals surface area contributed by atoms with Crippen LogP contribution in [0.25, 0.3) is 0 Å². The van der Waals surface area contributed by atoms with Gasteiger partial charge in [-0.25, -0.2) is 15.0 Å². The summed E-state index contributed by atoms with van der Waals surface area (Å²) < 4.78 is 1.75. The number of aryl methyl sites for hydroxylation is 1. The molecule has 5 rings (SSSR count). The number of nitrogens with zero attached hydrogens (tertiary/aromatic N) is 6. The first-order chi connectivity index (χ1) is 15.0. The molecule has 4 heterocycles. The van der Waals surface area contributed by atoms with Gasteiger partial charge in [0.15, 0.2) is 0 Å². The molecule has 0 spiro atoms. The van der Waals surface area contributed by atoms with Crippen LogP contribution in [0.1, 0.15) is 18.2 Å². The van der Waals surface area contributed by atoms with Crippen LogP contribution in [0.15, 0.2) is 65.7 Å². The first-order valence-corrected chi connectivity index (χ1v) is 10.8. The van der Waals surface area contributed by atoms with Gasteiger partial charge in [0, 0.05) is 30.9 Å². The number of benzene rings is 1. The molecular weight excluding hydrogens is 410 g/mol. The van der Waals surface area contributed by atoms with Crippen LogP contribution in [0.5, 0.6) is 0 Å². The largest absolute Gasteiger partial charge is 0.351 e. The number of anilines is 2. The number of fused-ring (bicyclic) bond motifs is 1. The summed E-state index contributed by atoms with van der Waals surface area (Å²) in [6.07, 6.45) is 6.77. The molecule has 2 aliphatic rings. The van der Waals surface area contributed by atoms with Crippen molar-refractivity contribution in [2.75, 3.05) is 18.4 Å². The Morgan fingerprint density at radius 1 is 1.19 bits per heavy atom. The van der Waals surface area contributed by atoms with E-state index >= 15 is 0 Å². The van der Waals surface area contributed by atoms with E-state index in [1.54, 1.807) is 17.1 Å². The van der Waals surface area contributed by atoms with Crippen molar-refractivity contribution in [2.24, 2.45) is 23.9 Å². The summed E-state index contributed by atoms with van der Waals surface area (Å²) in [7, 11) is 1.87. The fourth-order valence-electron chi connectivity index (χ4n) is 4.17. The molecule has 2 aliphatic heterocycles. The third-order valence-electron chi connectivity index (χ3n) is 5.89. The lowest BCUT2D eigenvalue weighted by molar-refractivity contribution is 0.259. The van der Waals surface area contributed by atoms with Crippen molar-refractivity contribution in [2.45, 2.75) is 13.3 Å². The first-order valence-electron chi connectivity index (χ1n) is 10.4. The topological polar surface area (TPSA) is 71.2 Å². The highest BCUT2D eigenvalue weighted by atomic mass is 35.5. The molecule has 7 nitrogen and oxygen atoms in total. The van der Waals surface area contributed by atoms with Crippen molar-refractivity contribution in [1.29, 1.82) is 0 Å². The predicted octanol–water partition coefficient (Wildman–Crippen LogP) is 4.06. The summed E-state index contributed by atoms with van der Waals surface area (Å²) in [5.41, 5.74) is 3.07. The van der Waals surface area contributed by atoms with Gasteiger partial charge in [0.25, 0.3) is 0 Å². The summed E-state index contributed by atoms with van der Waals surface area (Å²) >= 11 is 6.17. The van der Waals surface area contributed by atoms with E-state index in [1.165, 1.54) is 5.56 Å². The Morgan fingerprint density at radius 2 is 2.10 bits per heavy atom. The van der Waals surface area contributed by atoms with E-state index in [0.717, 1.165) is 47.6 Å². The Morgan fingerprint density at radius 3 is 2.90 bits per heavy atom. The predicted molar refractivity (Wildman–Crippen MR) is 123 cm³/mol. The number of hydrogen-bond acceptors (Lipinski definition) is 6. The standard InChI is InChI=1S/C23H24ClN7/c1-15-13-31-14-20(19-6-8-25-23(28-19)29-21-7-9-26-30(21)2)27-22(31)12-17(15)10-16-4-3-5-18(24)11-16/h3-9,11-12,15,17H,10,13-14H2,1-2H3,(H,25,28,29)/t15-,17?/m1/s1. The monoisotopic (exact) mass is 433 g/mol. The number of allylic oxidation sites excluding steroid dienone is 1. The Bertz CT molecular complexity index is 1170. The van der Waals surface area contributed by atoms with Gasteiger partial charge >= 0.3 is 0 Å². The minimum Gasteiger partial charge on any atom is -0.351 e. The van der Waals surface area contributed by atoms with Gasteiger partial charge in [-0.1, -0.05) is 30.7 Å². The van der Waals surface area contributed by atoms with Gasteiger partial charge in [-0.15, -0.1) is 0 Å². The van der Waals surface area contributed by atoms with Crippen LogP contribution in [0.4, 0.5) is 11.8 Å². The molecule has 0 saturated heterocycles. The van der Waals surface area contributed by atoms with Gasteiger partial charge in [0.1, 0.15) is 11.6 Å². The molecule has 2 atom stereocenters. The lowest BCUT2D eigenvalue weighted by atomic mass is 9.85. The van der Waals surface area contributed by atoms with E-state index in [1.807, 2.05) is 31.3 Å². The third-order valence-corrected chi connectivity index (χ3v) is 6.12. The van der Waals surface area contributed by atoms with E-state index < -0.39 is 0 Å². The maximum Gasteiger partial charge on any atom is 0.228 e. The van der Waals surface area contributed by atoms with Gasteiger partial charge in [0.2, 0.25) is 5.95 Å². The average Bonchev–Trinajstić information content (AvgIpc) is 3.34. The van der Waals surface area contributed by atoms with Crippen LogP contribution < -0.4 is 5.32 Å². The van der Waals surface area contributed by atoms with E-state index in [4.69, 9.17) is 16.6 Å². The summed E-state index contributed by atoms with van der Waals surface area (Å²) in [6.45, 7) is 4.05. The molecule has 8 heteroatoms. The molecule has 0 fully saturated rings. The number of nitrogens with one attached hydrogen (secondary N) is 1. The number of aliphatic imine (C=N–C) groups is 1. The van der Waals surface area contributed by atoms with Gasteiger partial charge in [-0.2, -0.15) is 5.10 Å². The SMILES string of the molecule is C[C@@H]1CN2CC(c3ccnc(Nc4ccnn4C)n3)=NC2=CC1Cc1cccc(Cl)c1. The van der Waals surface area contributed by atoms with Gasteiger partial charge in [-0.05, 0) is 48.1 Å². The quantitative estimate of drug-likeness (QED) is 0.656. The first kappa shape index (κ1) is 19.8. The molecule has 0 bridgehead atoms. The van der Waals surface area contributed by atoms with Crippen molar-refractivity contribution in [3.05, 3.63) is 77.0 Å². The molecule has 1 unspecified atom stereocenters. The van der Waals surface area contributed by atoms with Crippen molar-refractivity contribution in [3.8, 4) is 0 Å². The highest BCUT2D eigenvalue weighted by Gasteiger charge is 2.31. The zero-order valence-corrected chi connectivity index (χ0v) is 18.3. The third kappa shape index (κ3) is 4.18. The van der Waals surface area contributed by atoms with Gasteiger partial charge in [0.05, 0.1) is 24.1 Å². The maximum absolute atomic E-state index is 6.17. The summed E-state index contributed by atoms with van der Waals surface area (Å²) in [5.74, 6) is 3.38. The second-order valence-corrected chi connectivity index (χ2v) is 8.61. The van der Waals surface area contributed by atoms with Crippen LogP contribution in [0.3, 0.4) is 0 Å². The molecule has 1 N–H and O–H groups in total. The average molecular weight is 434 g/mol. The molecule has 0 radical (unpaired) electrons. The molecular formula is C23H24ClN7. The summed E-state index contributed by atoms with van der Waals surface area (Å²) in [6, 6.07) is 11.9. The molecule has 31 heavy (non-hydrogen) atoms. The zero-order chi connectivity index (χ0) is 21.4. The van der Waals surface area contributed by atoms with E-state index in [2.05, 4.69) is 50.4 Å². The van der Waals surface area contributed by atoms with E-state index in [0.29, 0.717) is 17.8 Å². The molecule has 2 aromatic heterocycles. The molecule has 1 aromatic carbocycles. The molecule has 3 aromatic rings. The maximum atomic E-state index is 6.17. The smallest absolute Gasteiger partial charge is 0.228 e. The van der Waals surface area contributed by atoms with Crippen molar-refractivity contribution in [1.82, 2.24) is 24.6 Å². The summed E-state index contributed by atoms with van der Waals surface area (Å²) in [5, 5.41) is 8.16. The van der Waals surface area contributed by atoms with Gasteiger partial charge in [-0.3, -0.25) is 4.68 Å². The molecule has 158 valence electrons. The second kappa shape index (κ2) is 8.15. The van der Waals surface area contributed by atoms with Crippen molar-refractivity contribution < 1.29 is 0 Å². The Labute approximate surface area is 186 Å². The fourth-order valence-corrected chi connectivity index (χ4v) is 4.38. The van der Waals surface area contributed by atoms with Crippen molar-refractivity contribution >= 4 is 29.1 Å². The zero-order valence-electron chi connectivity index (χ0n) is 17.5. The van der Waals surface area contributed by atoms with E-state index in [-0.39, 0.29) is 0 Å². The number of hydrogen-bond donors (Lipinski definition) is 1. The van der Waals surface area contributed by atoms with Crippen molar-refractivity contribution in [3.63, 3.8) is 0 Å². The van der Waals surface area contributed by atoms with Crippen LogP contribution >= 0.6 is 11.6 Å². The lowest BCUT2D eigenvalue weighted by Crippen LogP contribution is -2.35. The van der Waals surface area contributed by atoms with Gasteiger partial charge < -0.3 is 10.2 Å². The number of rotatable bonds is 5. The van der Waals surface area contributed by atoms with Crippen LogP contribution in [0.2, 0.25) is 5.02 Å². The lowest BCUT2D eigenvalue weighted by Gasteiger charge is -2.33. The minimum atomic E-state index is 0.431. The molecule has 0 amide bonds. The molecule has 0 saturated carbocycles. The fraction of sp³-hybridized carbons (Fsp3) is 0.304. The van der Waals surface area contributed by atoms with Crippen LogP contribution in [0, 0.1) is 11.8 Å². The summed E-state index contributed by atoms with van der Waals surface area (Å²) in [4.78, 5) is 16.3. The Kier molecular flexibility index (Phi) is 5.19.